The maximum absolute atomic E-state index is 11.3. The number of hydrogen-bond donors (Lipinski definition) is 0. The number of thioether (sulfide) groups is 1. The van der Waals surface area contributed by atoms with Gasteiger partial charge in [-0.15, -0.1) is 11.8 Å². The third-order valence-corrected chi connectivity index (χ3v) is 2.13. The third-order valence-electron chi connectivity index (χ3n) is 1.78. The Hall–Kier alpha value is -0.420. The van der Waals surface area contributed by atoms with Crippen molar-refractivity contribution in [2.75, 3.05) is 38.5 Å². The molecule has 0 aromatic rings. The molecule has 0 saturated carbocycles. The number of hydrogen-bond acceptors (Lipinski definition) is 4. The smallest absolute Gasteiger partial charge is 0.410 e. The summed E-state index contributed by atoms with van der Waals surface area (Å²) in [5, 5.41) is 0. The minimum absolute atomic E-state index is 0.222. The second-order valence-electron chi connectivity index (χ2n) is 2.77. The van der Waals surface area contributed by atoms with Crippen LogP contribution >= 0.6 is 11.8 Å². The van der Waals surface area contributed by atoms with Crippen LogP contribution in [0.25, 0.3) is 0 Å². The molecule has 5 heteroatoms. The molecule has 1 saturated heterocycles. The fourth-order valence-corrected chi connectivity index (χ4v) is 1.35. The molecular weight excluding hydrogens is 190 g/mol. The summed E-state index contributed by atoms with van der Waals surface area (Å²) in [6.07, 6.45) is 2.58. The number of nitrogens with zero attached hydrogens (tertiary/aromatic N) is 1. The SMILES string of the molecule is CSCOC(=O)N1CCCOCC1. The van der Waals surface area contributed by atoms with Crippen LogP contribution in [-0.4, -0.2) is 49.5 Å². The fraction of sp³-hybridized carbons (Fsp3) is 0.875. The Kier molecular flexibility index (Phi) is 5.00. The molecule has 13 heavy (non-hydrogen) atoms. The van der Waals surface area contributed by atoms with Crippen LogP contribution in [0, 0.1) is 0 Å². The first-order valence-electron chi connectivity index (χ1n) is 4.33. The lowest BCUT2D eigenvalue weighted by Gasteiger charge is -2.18. The maximum atomic E-state index is 11.3. The van der Waals surface area contributed by atoms with Gasteiger partial charge in [-0.1, -0.05) is 0 Å². The predicted molar refractivity (Wildman–Crippen MR) is 51.9 cm³/mol. The Morgan fingerprint density at radius 2 is 2.38 bits per heavy atom. The molecule has 1 rings (SSSR count). The van der Waals surface area contributed by atoms with Crippen LogP contribution in [0.3, 0.4) is 0 Å². The second-order valence-corrected chi connectivity index (χ2v) is 3.58. The molecule has 0 aliphatic carbocycles. The van der Waals surface area contributed by atoms with Crippen molar-refractivity contribution in [3.8, 4) is 0 Å². The first-order valence-corrected chi connectivity index (χ1v) is 5.72. The van der Waals surface area contributed by atoms with Crippen LogP contribution in [0.5, 0.6) is 0 Å². The lowest BCUT2D eigenvalue weighted by atomic mass is 10.4. The second kappa shape index (κ2) is 6.10. The summed E-state index contributed by atoms with van der Waals surface area (Å²) in [4.78, 5) is 13.0. The van der Waals surface area contributed by atoms with Crippen molar-refractivity contribution in [2.24, 2.45) is 0 Å². The van der Waals surface area contributed by atoms with Crippen molar-refractivity contribution in [1.29, 1.82) is 0 Å². The van der Waals surface area contributed by atoms with Gasteiger partial charge >= 0.3 is 6.09 Å². The van der Waals surface area contributed by atoms with Crippen LogP contribution in [0.15, 0.2) is 0 Å². The van der Waals surface area contributed by atoms with Crippen molar-refractivity contribution < 1.29 is 14.3 Å². The van der Waals surface area contributed by atoms with Gasteiger partial charge in [0, 0.05) is 19.7 Å². The number of ether oxygens (including phenoxy) is 2. The molecular formula is C8H15NO3S. The maximum Gasteiger partial charge on any atom is 0.410 e. The molecule has 0 aromatic carbocycles. The van der Waals surface area contributed by atoms with Crippen LogP contribution < -0.4 is 0 Å². The Labute approximate surface area is 82.6 Å². The van der Waals surface area contributed by atoms with Gasteiger partial charge in [0.1, 0.15) is 5.94 Å². The van der Waals surface area contributed by atoms with E-state index >= 15 is 0 Å². The molecule has 0 N–H and O–H groups in total. The van der Waals surface area contributed by atoms with Gasteiger partial charge in [0.2, 0.25) is 0 Å². The molecule has 1 aliphatic rings. The van der Waals surface area contributed by atoms with E-state index in [-0.39, 0.29) is 6.09 Å². The van der Waals surface area contributed by atoms with E-state index in [2.05, 4.69) is 0 Å². The molecule has 0 radical (unpaired) electrons. The van der Waals surface area contributed by atoms with E-state index in [1.54, 1.807) is 4.90 Å². The number of amides is 1. The normalized spacial score (nSPS) is 18.1. The topological polar surface area (TPSA) is 38.8 Å². The molecule has 1 fully saturated rings. The van der Waals surface area contributed by atoms with Gasteiger partial charge in [-0.2, -0.15) is 0 Å². The largest absolute Gasteiger partial charge is 0.438 e. The van der Waals surface area contributed by atoms with E-state index in [0.29, 0.717) is 19.1 Å². The third kappa shape index (κ3) is 3.87. The van der Waals surface area contributed by atoms with Crippen LogP contribution in [0.1, 0.15) is 6.42 Å². The van der Waals surface area contributed by atoms with Gasteiger partial charge in [0.05, 0.1) is 6.61 Å². The highest BCUT2D eigenvalue weighted by Crippen LogP contribution is 2.03. The van der Waals surface area contributed by atoms with Crippen molar-refractivity contribution in [1.82, 2.24) is 4.90 Å². The van der Waals surface area contributed by atoms with Gasteiger partial charge in [0.15, 0.2) is 0 Å². The summed E-state index contributed by atoms with van der Waals surface area (Å²) in [5.41, 5.74) is 0. The average molecular weight is 205 g/mol. The number of carbonyl (C=O) groups is 1. The van der Waals surface area contributed by atoms with Gasteiger partial charge < -0.3 is 14.4 Å². The predicted octanol–water partition coefficient (Wildman–Crippen LogP) is 1.17. The lowest BCUT2D eigenvalue weighted by molar-refractivity contribution is 0.110. The molecule has 1 amide bonds. The van der Waals surface area contributed by atoms with Crippen molar-refractivity contribution in [3.05, 3.63) is 0 Å². The minimum atomic E-state index is -0.222. The Balaban J connectivity index is 2.26. The van der Waals surface area contributed by atoms with Crippen molar-refractivity contribution >= 4 is 17.9 Å². The fourth-order valence-electron chi connectivity index (χ4n) is 1.13. The zero-order valence-corrected chi connectivity index (χ0v) is 8.64. The standard InChI is InChI=1S/C8H15NO3S/c1-13-7-12-8(10)9-3-2-5-11-6-4-9/h2-7H2,1H3. The van der Waals surface area contributed by atoms with Crippen molar-refractivity contribution in [3.63, 3.8) is 0 Å². The van der Waals surface area contributed by atoms with Gasteiger partial charge in [-0.05, 0) is 12.7 Å². The summed E-state index contributed by atoms with van der Waals surface area (Å²) in [6, 6.07) is 0. The molecule has 76 valence electrons. The van der Waals surface area contributed by atoms with Gasteiger partial charge in [-0.25, -0.2) is 4.79 Å². The van der Waals surface area contributed by atoms with E-state index in [4.69, 9.17) is 9.47 Å². The Morgan fingerprint density at radius 3 is 3.15 bits per heavy atom. The highest BCUT2D eigenvalue weighted by atomic mass is 32.2. The van der Waals surface area contributed by atoms with Gasteiger partial charge in [0.25, 0.3) is 0 Å². The summed E-state index contributed by atoms with van der Waals surface area (Å²) in [5.74, 6) is 0.427. The quantitative estimate of drug-likeness (QED) is 0.634. The Bertz CT molecular complexity index is 157. The summed E-state index contributed by atoms with van der Waals surface area (Å²) in [6.45, 7) is 2.75. The average Bonchev–Trinajstić information content (AvgIpc) is 2.42. The molecule has 4 nitrogen and oxygen atoms in total. The number of rotatable bonds is 2. The van der Waals surface area contributed by atoms with E-state index in [0.717, 1.165) is 19.6 Å². The Morgan fingerprint density at radius 1 is 1.54 bits per heavy atom. The summed E-state index contributed by atoms with van der Waals surface area (Å²) in [7, 11) is 0. The highest BCUT2D eigenvalue weighted by Gasteiger charge is 2.16. The monoisotopic (exact) mass is 205 g/mol. The van der Waals surface area contributed by atoms with E-state index < -0.39 is 0 Å². The molecule has 0 spiro atoms. The van der Waals surface area contributed by atoms with E-state index in [9.17, 15) is 4.79 Å². The number of carbonyl (C=O) groups excluding carboxylic acids is 1. The zero-order chi connectivity index (χ0) is 9.52. The first kappa shape index (κ1) is 10.7. The molecule has 0 aromatic heterocycles. The molecule has 1 aliphatic heterocycles. The van der Waals surface area contributed by atoms with Crippen LogP contribution in [-0.2, 0) is 9.47 Å². The summed E-state index contributed by atoms with van der Waals surface area (Å²) < 4.78 is 10.2. The zero-order valence-electron chi connectivity index (χ0n) is 7.82. The first-order chi connectivity index (χ1) is 6.34. The molecule has 1 heterocycles. The van der Waals surface area contributed by atoms with Crippen molar-refractivity contribution in [2.45, 2.75) is 6.42 Å². The lowest BCUT2D eigenvalue weighted by Crippen LogP contribution is -2.33. The molecule has 0 bridgehead atoms. The molecule has 0 atom stereocenters. The highest BCUT2D eigenvalue weighted by molar-refractivity contribution is 7.98. The van der Waals surface area contributed by atoms with E-state index in [1.807, 2.05) is 6.26 Å². The summed E-state index contributed by atoms with van der Waals surface area (Å²) >= 11 is 1.50. The van der Waals surface area contributed by atoms with E-state index in [1.165, 1.54) is 11.8 Å². The van der Waals surface area contributed by atoms with Crippen LogP contribution in [0.2, 0.25) is 0 Å². The van der Waals surface area contributed by atoms with Crippen LogP contribution in [0.4, 0.5) is 4.79 Å². The molecule has 0 unspecified atom stereocenters. The van der Waals surface area contributed by atoms with Gasteiger partial charge in [-0.3, -0.25) is 0 Å². The minimum Gasteiger partial charge on any atom is -0.438 e.